The first-order valence-electron chi connectivity index (χ1n) is 16.2. The van der Waals surface area contributed by atoms with Crippen molar-refractivity contribution in [3.05, 3.63) is 0 Å². The highest BCUT2D eigenvalue weighted by atomic mass is 16.7. The van der Waals surface area contributed by atoms with Crippen molar-refractivity contribution in [1.29, 1.82) is 0 Å². The molecule has 0 spiro atoms. The van der Waals surface area contributed by atoms with E-state index in [1.165, 1.54) is 9.80 Å². The van der Waals surface area contributed by atoms with Gasteiger partial charge in [0.15, 0.2) is 0 Å². The standard InChI is InChI=1S/C31H46N2O11/c34-26(32-16-6-10-24(32)30(38)43-20-41-28(36)22-8-2-1-3-9-22)12-4-5-13-27(35)33-17-7-11-25(33)31(39)44-21-42-29(37)23-14-18-40-19-15-23/h22-25H,1-21H2/t24-,25-/m1/s1. The van der Waals surface area contributed by atoms with Gasteiger partial charge in [-0.2, -0.15) is 0 Å². The molecule has 0 aromatic heterocycles. The first-order chi connectivity index (χ1) is 21.3. The molecular formula is C31H46N2O11. The van der Waals surface area contributed by atoms with Crippen LogP contribution < -0.4 is 0 Å². The number of hydrogen-bond donors (Lipinski definition) is 0. The van der Waals surface area contributed by atoms with E-state index in [0.29, 0.717) is 77.7 Å². The van der Waals surface area contributed by atoms with Crippen LogP contribution in [0.2, 0.25) is 0 Å². The molecule has 0 unspecified atom stereocenters. The highest BCUT2D eigenvalue weighted by molar-refractivity contribution is 5.86. The molecule has 3 saturated heterocycles. The second-order valence-electron chi connectivity index (χ2n) is 12.0. The van der Waals surface area contributed by atoms with E-state index in [1.807, 2.05) is 0 Å². The molecule has 0 aromatic rings. The lowest BCUT2D eigenvalue weighted by Crippen LogP contribution is -2.42. The van der Waals surface area contributed by atoms with E-state index in [2.05, 4.69) is 0 Å². The lowest BCUT2D eigenvalue weighted by atomic mass is 9.89. The van der Waals surface area contributed by atoms with Gasteiger partial charge in [0.2, 0.25) is 25.4 Å². The Balaban J connectivity index is 1.10. The molecular weight excluding hydrogens is 576 g/mol. The lowest BCUT2D eigenvalue weighted by molar-refractivity contribution is -0.176. The number of unbranched alkanes of at least 4 members (excludes halogenated alkanes) is 1. The molecule has 44 heavy (non-hydrogen) atoms. The van der Waals surface area contributed by atoms with Crippen LogP contribution in [-0.4, -0.2) is 97.5 Å². The molecule has 2 atom stereocenters. The molecule has 246 valence electrons. The minimum Gasteiger partial charge on any atom is -0.428 e. The summed E-state index contributed by atoms with van der Waals surface area (Å²) < 4.78 is 25.8. The summed E-state index contributed by atoms with van der Waals surface area (Å²) in [6, 6.07) is -1.42. The van der Waals surface area contributed by atoms with Gasteiger partial charge in [-0.3, -0.25) is 19.2 Å². The Hall–Kier alpha value is -3.22. The molecule has 0 N–H and O–H groups in total. The molecule has 1 saturated carbocycles. The van der Waals surface area contributed by atoms with Crippen LogP contribution in [0.5, 0.6) is 0 Å². The number of carbonyl (C=O) groups is 6. The van der Waals surface area contributed by atoms with Gasteiger partial charge in [-0.15, -0.1) is 0 Å². The Morgan fingerprint density at radius 2 is 0.955 bits per heavy atom. The van der Waals surface area contributed by atoms with Crippen molar-refractivity contribution in [2.75, 3.05) is 39.9 Å². The number of amides is 2. The predicted octanol–water partition coefficient (Wildman–Crippen LogP) is 2.62. The molecule has 2 amide bonds. The second kappa shape index (κ2) is 17.3. The number of rotatable bonds is 13. The molecule has 4 rings (SSSR count). The van der Waals surface area contributed by atoms with E-state index < -0.39 is 43.6 Å². The van der Waals surface area contributed by atoms with Gasteiger partial charge >= 0.3 is 23.9 Å². The lowest BCUT2D eigenvalue weighted by Gasteiger charge is -2.24. The van der Waals surface area contributed by atoms with Crippen molar-refractivity contribution in [1.82, 2.24) is 9.80 Å². The average Bonchev–Trinajstić information content (AvgIpc) is 3.74. The van der Waals surface area contributed by atoms with Gasteiger partial charge in [0, 0.05) is 39.1 Å². The fraction of sp³-hybridized carbons (Fsp3) is 0.806. The summed E-state index contributed by atoms with van der Waals surface area (Å²) in [6.45, 7) is 0.961. The number of esters is 4. The summed E-state index contributed by atoms with van der Waals surface area (Å²) in [6.07, 6.45) is 9.42. The van der Waals surface area contributed by atoms with Crippen molar-refractivity contribution < 1.29 is 52.5 Å². The fourth-order valence-electron chi connectivity index (χ4n) is 6.45. The van der Waals surface area contributed by atoms with E-state index in [9.17, 15) is 28.8 Å². The van der Waals surface area contributed by atoms with E-state index in [1.54, 1.807) is 0 Å². The molecule has 0 bridgehead atoms. The zero-order valence-electron chi connectivity index (χ0n) is 25.5. The van der Waals surface area contributed by atoms with Crippen LogP contribution in [0.4, 0.5) is 0 Å². The SMILES string of the molecule is O=C(OCOC(=O)[C@H]1CCCN1C(=O)CCCCC(=O)N1CCC[C@@H]1C(=O)OCOC(=O)C1CCOCC1)C1CCCCC1. The van der Waals surface area contributed by atoms with Crippen LogP contribution in [0.25, 0.3) is 0 Å². The number of likely N-dealkylation sites (tertiary alicyclic amines) is 2. The minimum absolute atomic E-state index is 0.136. The Morgan fingerprint density at radius 3 is 1.43 bits per heavy atom. The summed E-state index contributed by atoms with van der Waals surface area (Å²) >= 11 is 0. The molecule has 13 nitrogen and oxygen atoms in total. The van der Waals surface area contributed by atoms with Crippen molar-refractivity contribution >= 4 is 35.7 Å². The molecule has 0 aromatic carbocycles. The maximum atomic E-state index is 12.9. The Kier molecular flexibility index (Phi) is 13.2. The quantitative estimate of drug-likeness (QED) is 0.169. The van der Waals surface area contributed by atoms with E-state index in [-0.39, 0.29) is 42.5 Å². The maximum absolute atomic E-state index is 12.9. The van der Waals surface area contributed by atoms with Crippen molar-refractivity contribution in [3.63, 3.8) is 0 Å². The summed E-state index contributed by atoms with van der Waals surface area (Å²) in [4.78, 5) is 78.3. The topological polar surface area (TPSA) is 155 Å². The third-order valence-corrected chi connectivity index (χ3v) is 9.02. The van der Waals surface area contributed by atoms with Gasteiger partial charge in [0.1, 0.15) is 12.1 Å². The predicted molar refractivity (Wildman–Crippen MR) is 152 cm³/mol. The Bertz CT molecular complexity index is 942. The number of hydrogen-bond acceptors (Lipinski definition) is 11. The normalized spacial score (nSPS) is 22.8. The minimum atomic E-state index is -0.718. The van der Waals surface area contributed by atoms with Crippen LogP contribution in [-0.2, 0) is 52.5 Å². The first kappa shape index (κ1) is 33.7. The monoisotopic (exact) mass is 622 g/mol. The highest BCUT2D eigenvalue weighted by Crippen LogP contribution is 2.25. The zero-order valence-corrected chi connectivity index (χ0v) is 25.5. The number of nitrogens with zero attached hydrogens (tertiary/aromatic N) is 2. The molecule has 4 aliphatic rings. The highest BCUT2D eigenvalue weighted by Gasteiger charge is 2.37. The molecule has 13 heteroatoms. The molecule has 4 fully saturated rings. The van der Waals surface area contributed by atoms with Crippen LogP contribution >= 0.6 is 0 Å². The number of ether oxygens (including phenoxy) is 5. The second-order valence-corrected chi connectivity index (χ2v) is 12.0. The van der Waals surface area contributed by atoms with Gasteiger partial charge in [0.25, 0.3) is 0 Å². The molecule has 3 heterocycles. The molecule has 1 aliphatic carbocycles. The van der Waals surface area contributed by atoms with Crippen molar-refractivity contribution in [2.24, 2.45) is 11.8 Å². The van der Waals surface area contributed by atoms with Crippen LogP contribution in [0, 0.1) is 11.8 Å². The Labute approximate surface area is 258 Å². The molecule has 0 radical (unpaired) electrons. The third kappa shape index (κ3) is 9.64. The molecule has 3 aliphatic heterocycles. The summed E-state index contributed by atoms with van der Waals surface area (Å²) in [5.41, 5.74) is 0. The average molecular weight is 623 g/mol. The van der Waals surface area contributed by atoms with E-state index >= 15 is 0 Å². The Morgan fingerprint density at radius 1 is 0.523 bits per heavy atom. The van der Waals surface area contributed by atoms with Crippen molar-refractivity contribution in [2.45, 2.75) is 108 Å². The van der Waals surface area contributed by atoms with Crippen molar-refractivity contribution in [3.8, 4) is 0 Å². The number of carbonyl (C=O) groups excluding carboxylic acids is 6. The van der Waals surface area contributed by atoms with Crippen LogP contribution in [0.3, 0.4) is 0 Å². The third-order valence-electron chi connectivity index (χ3n) is 9.02. The summed E-state index contributed by atoms with van der Waals surface area (Å²) in [7, 11) is 0. The van der Waals surface area contributed by atoms with Gasteiger partial charge in [-0.1, -0.05) is 19.3 Å². The largest absolute Gasteiger partial charge is 0.428 e. The first-order valence-corrected chi connectivity index (χ1v) is 16.2. The van der Waals surface area contributed by atoms with Gasteiger partial charge < -0.3 is 33.5 Å². The van der Waals surface area contributed by atoms with Gasteiger partial charge in [0.05, 0.1) is 11.8 Å². The fourth-order valence-corrected chi connectivity index (χ4v) is 6.45. The van der Waals surface area contributed by atoms with Gasteiger partial charge in [-0.25, -0.2) is 9.59 Å². The summed E-state index contributed by atoms with van der Waals surface area (Å²) in [5, 5.41) is 0. The smallest absolute Gasteiger partial charge is 0.331 e. The van der Waals surface area contributed by atoms with Crippen LogP contribution in [0.15, 0.2) is 0 Å². The van der Waals surface area contributed by atoms with E-state index in [4.69, 9.17) is 23.7 Å². The van der Waals surface area contributed by atoms with E-state index in [0.717, 1.165) is 32.1 Å². The summed E-state index contributed by atoms with van der Waals surface area (Å²) in [5.74, 6) is -2.70. The van der Waals surface area contributed by atoms with Gasteiger partial charge in [-0.05, 0) is 64.2 Å². The maximum Gasteiger partial charge on any atom is 0.331 e. The zero-order chi connectivity index (χ0) is 31.3. The van der Waals surface area contributed by atoms with Crippen LogP contribution in [0.1, 0.15) is 96.3 Å².